The van der Waals surface area contributed by atoms with Gasteiger partial charge in [0.25, 0.3) is 0 Å². The van der Waals surface area contributed by atoms with E-state index in [4.69, 9.17) is 24.9 Å². The van der Waals surface area contributed by atoms with Gasteiger partial charge in [-0.2, -0.15) is 0 Å². The average molecular weight is 708 g/mol. The van der Waals surface area contributed by atoms with E-state index >= 15 is 0 Å². The first-order valence-electron chi connectivity index (χ1n) is 18.3. The summed E-state index contributed by atoms with van der Waals surface area (Å²) in [7, 11) is 0. The van der Waals surface area contributed by atoms with Crippen LogP contribution in [0.5, 0.6) is 0 Å². The number of pyridine rings is 2. The van der Waals surface area contributed by atoms with E-state index in [1.807, 2.05) is 72.9 Å². The molecule has 0 bridgehead atoms. The Balaban J connectivity index is 1.03. The summed E-state index contributed by atoms with van der Waals surface area (Å²) in [5, 5.41) is 0. The molecule has 5 aromatic carbocycles. The molecule has 4 aromatic heterocycles. The van der Waals surface area contributed by atoms with Crippen molar-refractivity contribution in [3.8, 4) is 79.1 Å². The number of aromatic nitrogens is 7. The Kier molecular flexibility index (Phi) is 7.66. The molecule has 4 heterocycles. The first-order chi connectivity index (χ1) is 27.0. The molecule has 0 saturated carbocycles. The number of hydrogen-bond acceptors (Lipinski definition) is 7. The molecule has 0 spiro atoms. The van der Waals surface area contributed by atoms with Crippen molar-refractivity contribution < 1.29 is 0 Å². The van der Waals surface area contributed by atoms with E-state index < -0.39 is 0 Å². The molecular formula is C48H33N7. The molecule has 0 radical (unpaired) electrons. The van der Waals surface area contributed by atoms with Crippen LogP contribution >= 0.6 is 0 Å². The van der Waals surface area contributed by atoms with Crippen LogP contribution in [-0.2, 0) is 5.41 Å². The van der Waals surface area contributed by atoms with Crippen molar-refractivity contribution in [2.75, 3.05) is 0 Å². The molecular weight excluding hydrogens is 675 g/mol. The Bertz CT molecular complexity index is 2870. The summed E-state index contributed by atoms with van der Waals surface area (Å²) >= 11 is 0. The lowest BCUT2D eigenvalue weighted by atomic mass is 9.82. The van der Waals surface area contributed by atoms with Crippen LogP contribution in [0.15, 0.2) is 164 Å². The summed E-state index contributed by atoms with van der Waals surface area (Å²) in [4.78, 5) is 34.2. The first kappa shape index (κ1) is 32.4. The molecule has 0 saturated heterocycles. The molecule has 10 rings (SSSR count). The van der Waals surface area contributed by atoms with Crippen LogP contribution in [0.1, 0.15) is 25.0 Å². The predicted molar refractivity (Wildman–Crippen MR) is 219 cm³/mol. The second kappa shape index (κ2) is 13.0. The number of hydrogen-bond donors (Lipinski definition) is 0. The lowest BCUT2D eigenvalue weighted by molar-refractivity contribution is 0.660. The quantitative estimate of drug-likeness (QED) is 0.170. The van der Waals surface area contributed by atoms with Gasteiger partial charge in [-0.25, -0.2) is 24.9 Å². The molecule has 9 aromatic rings. The van der Waals surface area contributed by atoms with Crippen LogP contribution in [0, 0.1) is 0 Å². The molecule has 260 valence electrons. The standard InChI is InChI=1S/C48H33N7/c1-48(2)38-15-7-6-14-36(38)37-23-21-34(27-39(37)48)47-54-45(31-11-4-3-5-12-31)53-46(55-47)32-19-17-30(18-20-32)33-22-24-40-42(28-33)52-44(41-16-8-9-26-50-41)43(51-40)35-13-10-25-49-29-35/h3-29H,1-2H3. The van der Waals surface area contributed by atoms with Crippen molar-refractivity contribution in [1.82, 2.24) is 34.9 Å². The Labute approximate surface area is 318 Å². The van der Waals surface area contributed by atoms with Crippen LogP contribution in [-0.4, -0.2) is 34.9 Å². The van der Waals surface area contributed by atoms with Crippen LogP contribution in [0.2, 0.25) is 0 Å². The Morgan fingerprint density at radius 2 is 1.04 bits per heavy atom. The van der Waals surface area contributed by atoms with E-state index in [-0.39, 0.29) is 5.41 Å². The minimum atomic E-state index is -0.133. The maximum atomic E-state index is 5.11. The topological polar surface area (TPSA) is 90.2 Å². The molecule has 0 aliphatic heterocycles. The fraction of sp³-hybridized carbons (Fsp3) is 0.0625. The van der Waals surface area contributed by atoms with Gasteiger partial charge in [0.05, 0.1) is 16.7 Å². The van der Waals surface area contributed by atoms with Crippen LogP contribution in [0.25, 0.3) is 90.1 Å². The summed E-state index contributed by atoms with van der Waals surface area (Å²) in [6.45, 7) is 4.58. The largest absolute Gasteiger partial charge is 0.264 e. The molecule has 0 fully saturated rings. The lowest BCUT2D eigenvalue weighted by Crippen LogP contribution is -2.15. The van der Waals surface area contributed by atoms with Crippen LogP contribution < -0.4 is 0 Å². The van der Waals surface area contributed by atoms with Gasteiger partial charge in [-0.3, -0.25) is 9.97 Å². The van der Waals surface area contributed by atoms with Crippen molar-refractivity contribution in [2.24, 2.45) is 0 Å². The van der Waals surface area contributed by atoms with E-state index in [0.717, 1.165) is 55.8 Å². The second-order valence-corrected chi connectivity index (χ2v) is 14.3. The van der Waals surface area contributed by atoms with E-state index in [1.54, 1.807) is 12.4 Å². The van der Waals surface area contributed by atoms with Crippen molar-refractivity contribution in [3.05, 3.63) is 175 Å². The minimum Gasteiger partial charge on any atom is -0.264 e. The number of nitrogens with zero attached hydrogens (tertiary/aromatic N) is 7. The summed E-state index contributed by atoms with van der Waals surface area (Å²) < 4.78 is 0. The van der Waals surface area contributed by atoms with Crippen molar-refractivity contribution in [3.63, 3.8) is 0 Å². The SMILES string of the molecule is CC1(C)c2ccccc2-c2ccc(-c3nc(-c4ccccc4)nc(-c4ccc(-c5ccc6nc(-c7cccnc7)c(-c7ccccn7)nc6c5)cc4)n3)cc21. The minimum absolute atomic E-state index is 0.133. The van der Waals surface area contributed by atoms with Gasteiger partial charge in [0.15, 0.2) is 17.5 Å². The lowest BCUT2D eigenvalue weighted by Gasteiger charge is -2.21. The highest BCUT2D eigenvalue weighted by Gasteiger charge is 2.35. The van der Waals surface area contributed by atoms with Crippen molar-refractivity contribution >= 4 is 11.0 Å². The summed E-state index contributed by atoms with van der Waals surface area (Å²) in [5.41, 5.74) is 14.6. The molecule has 0 atom stereocenters. The molecule has 0 unspecified atom stereocenters. The van der Waals surface area contributed by atoms with Crippen molar-refractivity contribution in [2.45, 2.75) is 19.3 Å². The second-order valence-electron chi connectivity index (χ2n) is 14.3. The van der Waals surface area contributed by atoms with E-state index in [0.29, 0.717) is 23.2 Å². The zero-order valence-electron chi connectivity index (χ0n) is 30.2. The molecule has 55 heavy (non-hydrogen) atoms. The van der Waals surface area contributed by atoms with Gasteiger partial charge in [-0.1, -0.05) is 117 Å². The molecule has 7 nitrogen and oxygen atoms in total. The number of rotatable bonds is 6. The van der Waals surface area contributed by atoms with Gasteiger partial charge in [0.2, 0.25) is 0 Å². The van der Waals surface area contributed by atoms with Gasteiger partial charge in [-0.15, -0.1) is 0 Å². The highest BCUT2D eigenvalue weighted by atomic mass is 15.0. The van der Waals surface area contributed by atoms with Gasteiger partial charge in [0, 0.05) is 46.3 Å². The number of fused-ring (bicyclic) bond motifs is 4. The third kappa shape index (κ3) is 5.74. The number of benzene rings is 5. The summed E-state index contributed by atoms with van der Waals surface area (Å²) in [6, 6.07) is 49.7. The highest BCUT2D eigenvalue weighted by Crippen LogP contribution is 2.49. The third-order valence-corrected chi connectivity index (χ3v) is 10.5. The van der Waals surface area contributed by atoms with E-state index in [2.05, 4.69) is 103 Å². The van der Waals surface area contributed by atoms with Gasteiger partial charge in [-0.05, 0) is 75.8 Å². The molecule has 0 N–H and O–H groups in total. The fourth-order valence-electron chi connectivity index (χ4n) is 7.63. The monoisotopic (exact) mass is 707 g/mol. The Morgan fingerprint density at radius 1 is 0.400 bits per heavy atom. The zero-order valence-corrected chi connectivity index (χ0v) is 30.2. The predicted octanol–water partition coefficient (Wildman–Crippen LogP) is 10.9. The first-order valence-corrected chi connectivity index (χ1v) is 18.3. The smallest absolute Gasteiger partial charge is 0.164 e. The Morgan fingerprint density at radius 3 is 1.80 bits per heavy atom. The van der Waals surface area contributed by atoms with Crippen molar-refractivity contribution in [1.29, 1.82) is 0 Å². The van der Waals surface area contributed by atoms with Crippen LogP contribution in [0.4, 0.5) is 0 Å². The molecule has 0 amide bonds. The van der Waals surface area contributed by atoms with Gasteiger partial charge < -0.3 is 0 Å². The van der Waals surface area contributed by atoms with Gasteiger partial charge in [0.1, 0.15) is 11.4 Å². The van der Waals surface area contributed by atoms with E-state index in [9.17, 15) is 0 Å². The highest BCUT2D eigenvalue weighted by molar-refractivity contribution is 5.88. The molecule has 1 aliphatic rings. The Hall–Kier alpha value is -7.25. The third-order valence-electron chi connectivity index (χ3n) is 10.5. The summed E-state index contributed by atoms with van der Waals surface area (Å²) in [5.74, 6) is 1.89. The van der Waals surface area contributed by atoms with Crippen LogP contribution in [0.3, 0.4) is 0 Å². The van der Waals surface area contributed by atoms with Gasteiger partial charge >= 0.3 is 0 Å². The molecule has 7 heteroatoms. The maximum absolute atomic E-state index is 5.11. The van der Waals surface area contributed by atoms with E-state index in [1.165, 1.54) is 22.3 Å². The molecule has 1 aliphatic carbocycles. The fourth-order valence-corrected chi connectivity index (χ4v) is 7.63. The average Bonchev–Trinajstić information content (AvgIpc) is 3.49. The summed E-state index contributed by atoms with van der Waals surface area (Å²) in [6.07, 6.45) is 5.34. The zero-order chi connectivity index (χ0) is 36.9. The maximum Gasteiger partial charge on any atom is 0.164 e. The normalized spacial score (nSPS) is 12.7.